The zero-order valence-corrected chi connectivity index (χ0v) is 8.49. The molecule has 0 bridgehead atoms. The molecule has 1 heterocycles. The quantitative estimate of drug-likeness (QED) is 0.599. The largest absolute Gasteiger partial charge is 0.368 e. The lowest BCUT2D eigenvalue weighted by atomic mass is 10.2. The van der Waals surface area contributed by atoms with Gasteiger partial charge in [0, 0.05) is 24.7 Å². The second kappa shape index (κ2) is 3.61. The van der Waals surface area contributed by atoms with Crippen molar-refractivity contribution in [1.82, 2.24) is 14.8 Å². The molecule has 0 amide bonds. The fourth-order valence-electron chi connectivity index (χ4n) is 1.25. The number of nitrogens with two attached hydrogens (primary N) is 1. The average Bonchev–Trinajstić information content (AvgIpc) is 2.59. The molecule has 1 aromatic heterocycles. The number of aryl methyl sites for hydroxylation is 1. The molecule has 16 heavy (non-hydrogen) atoms. The number of nitrogens with zero attached hydrogens (tertiary/aromatic N) is 4. The van der Waals surface area contributed by atoms with Crippen LogP contribution in [0.25, 0.3) is 11.4 Å². The molecule has 1 aromatic carbocycles. The number of nitrogen functional groups attached to an aromatic ring is 1. The number of benzene rings is 1. The normalized spacial score (nSPS) is 10.3. The maximum absolute atomic E-state index is 10.5. The van der Waals surface area contributed by atoms with Gasteiger partial charge in [0.15, 0.2) is 5.82 Å². The SMILES string of the molecule is Cn1nc(-c2ccc([N+](=O)[O-])cc2)nc1N. The third-order valence-corrected chi connectivity index (χ3v) is 2.13. The smallest absolute Gasteiger partial charge is 0.269 e. The number of anilines is 1. The number of nitro benzene ring substituents is 1. The van der Waals surface area contributed by atoms with Gasteiger partial charge in [0.05, 0.1) is 4.92 Å². The number of rotatable bonds is 2. The van der Waals surface area contributed by atoms with Crippen LogP contribution >= 0.6 is 0 Å². The van der Waals surface area contributed by atoms with Crippen molar-refractivity contribution in [3.05, 3.63) is 34.4 Å². The number of non-ortho nitro benzene ring substituents is 1. The molecule has 2 aromatic rings. The van der Waals surface area contributed by atoms with Gasteiger partial charge in [-0.25, -0.2) is 4.68 Å². The Morgan fingerprint density at radius 3 is 2.44 bits per heavy atom. The Labute approximate surface area is 90.7 Å². The first kappa shape index (κ1) is 10.1. The lowest BCUT2D eigenvalue weighted by Crippen LogP contribution is -1.97. The molecule has 2 N–H and O–H groups in total. The maximum atomic E-state index is 10.5. The van der Waals surface area contributed by atoms with E-state index in [9.17, 15) is 10.1 Å². The summed E-state index contributed by atoms with van der Waals surface area (Å²) in [5.74, 6) is 0.753. The Balaban J connectivity index is 2.38. The minimum Gasteiger partial charge on any atom is -0.368 e. The first-order valence-corrected chi connectivity index (χ1v) is 4.49. The van der Waals surface area contributed by atoms with E-state index >= 15 is 0 Å². The van der Waals surface area contributed by atoms with Crippen LogP contribution in [0.1, 0.15) is 0 Å². The third-order valence-electron chi connectivity index (χ3n) is 2.13. The molecule has 0 atom stereocenters. The molecule has 0 radical (unpaired) electrons. The molecule has 2 rings (SSSR count). The summed E-state index contributed by atoms with van der Waals surface area (Å²) < 4.78 is 1.44. The van der Waals surface area contributed by atoms with E-state index in [1.54, 1.807) is 19.2 Å². The minimum absolute atomic E-state index is 0.0349. The predicted octanol–water partition coefficient (Wildman–Crippen LogP) is 0.972. The molecule has 0 saturated heterocycles. The molecule has 0 spiro atoms. The standard InChI is InChI=1S/C9H9N5O2/c1-13-9(10)11-8(12-13)6-2-4-7(5-3-6)14(15)16/h2-5H,1H3,(H2,10,11,12). The lowest BCUT2D eigenvalue weighted by Gasteiger charge is -1.94. The molecule has 0 saturated carbocycles. The molecular weight excluding hydrogens is 210 g/mol. The molecule has 82 valence electrons. The minimum atomic E-state index is -0.454. The highest BCUT2D eigenvalue weighted by atomic mass is 16.6. The van der Waals surface area contributed by atoms with E-state index in [0.717, 1.165) is 0 Å². The van der Waals surface area contributed by atoms with Gasteiger partial charge in [-0.1, -0.05) is 0 Å². The maximum Gasteiger partial charge on any atom is 0.269 e. The highest BCUT2D eigenvalue weighted by Gasteiger charge is 2.09. The summed E-state index contributed by atoms with van der Waals surface area (Å²) in [6.45, 7) is 0. The van der Waals surface area contributed by atoms with Crippen molar-refractivity contribution in [2.45, 2.75) is 0 Å². The first-order chi connectivity index (χ1) is 7.58. The summed E-state index contributed by atoms with van der Waals surface area (Å²) in [4.78, 5) is 14.0. The summed E-state index contributed by atoms with van der Waals surface area (Å²) in [5.41, 5.74) is 6.26. The van der Waals surface area contributed by atoms with E-state index in [0.29, 0.717) is 17.3 Å². The Morgan fingerprint density at radius 2 is 2.00 bits per heavy atom. The van der Waals surface area contributed by atoms with E-state index < -0.39 is 4.92 Å². The lowest BCUT2D eigenvalue weighted by molar-refractivity contribution is -0.384. The van der Waals surface area contributed by atoms with E-state index in [2.05, 4.69) is 10.1 Å². The van der Waals surface area contributed by atoms with E-state index in [4.69, 9.17) is 5.73 Å². The van der Waals surface area contributed by atoms with Crippen molar-refractivity contribution in [2.24, 2.45) is 7.05 Å². The number of hydrogen-bond acceptors (Lipinski definition) is 5. The van der Waals surface area contributed by atoms with Gasteiger partial charge in [0.2, 0.25) is 5.95 Å². The van der Waals surface area contributed by atoms with Gasteiger partial charge in [-0.3, -0.25) is 10.1 Å². The van der Waals surface area contributed by atoms with Crippen LogP contribution in [0, 0.1) is 10.1 Å². The van der Waals surface area contributed by atoms with E-state index in [1.807, 2.05) is 0 Å². The van der Waals surface area contributed by atoms with Gasteiger partial charge < -0.3 is 5.73 Å². The fraction of sp³-hybridized carbons (Fsp3) is 0.111. The van der Waals surface area contributed by atoms with Crippen molar-refractivity contribution in [1.29, 1.82) is 0 Å². The summed E-state index contributed by atoms with van der Waals surface area (Å²) in [6, 6.07) is 5.99. The van der Waals surface area contributed by atoms with Crippen molar-refractivity contribution < 1.29 is 4.92 Å². The van der Waals surface area contributed by atoms with Gasteiger partial charge in [0.25, 0.3) is 5.69 Å². The zero-order chi connectivity index (χ0) is 11.7. The Hall–Kier alpha value is -2.44. The predicted molar refractivity (Wildman–Crippen MR) is 57.5 cm³/mol. The van der Waals surface area contributed by atoms with Crippen LogP contribution in [0.2, 0.25) is 0 Å². The second-order valence-electron chi connectivity index (χ2n) is 3.22. The average molecular weight is 219 g/mol. The first-order valence-electron chi connectivity index (χ1n) is 4.49. The van der Waals surface area contributed by atoms with Gasteiger partial charge in [-0.05, 0) is 12.1 Å². The van der Waals surface area contributed by atoms with Crippen LogP contribution in [0.3, 0.4) is 0 Å². The molecule has 0 fully saturated rings. The monoisotopic (exact) mass is 219 g/mol. The summed E-state index contributed by atoms with van der Waals surface area (Å²) in [5, 5.41) is 14.5. The highest BCUT2D eigenvalue weighted by molar-refractivity contribution is 5.58. The molecule has 0 aliphatic rings. The molecule has 7 heteroatoms. The van der Waals surface area contributed by atoms with Gasteiger partial charge >= 0.3 is 0 Å². The van der Waals surface area contributed by atoms with Crippen LogP contribution in [-0.2, 0) is 7.05 Å². The highest BCUT2D eigenvalue weighted by Crippen LogP contribution is 2.19. The molecular formula is C9H9N5O2. The zero-order valence-electron chi connectivity index (χ0n) is 8.49. The van der Waals surface area contributed by atoms with Crippen molar-refractivity contribution in [3.63, 3.8) is 0 Å². The fourth-order valence-corrected chi connectivity index (χ4v) is 1.25. The van der Waals surface area contributed by atoms with Crippen LogP contribution in [0.5, 0.6) is 0 Å². The van der Waals surface area contributed by atoms with Crippen molar-refractivity contribution >= 4 is 11.6 Å². The molecule has 0 unspecified atom stereocenters. The molecule has 0 aliphatic heterocycles. The molecule has 7 nitrogen and oxygen atoms in total. The van der Waals surface area contributed by atoms with Gasteiger partial charge in [0.1, 0.15) is 0 Å². The topological polar surface area (TPSA) is 99.9 Å². The molecule has 0 aliphatic carbocycles. The number of aromatic nitrogens is 3. The Morgan fingerprint density at radius 1 is 1.38 bits per heavy atom. The number of hydrogen-bond donors (Lipinski definition) is 1. The van der Waals surface area contributed by atoms with Crippen LogP contribution in [0.4, 0.5) is 11.6 Å². The van der Waals surface area contributed by atoms with Gasteiger partial charge in [-0.15, -0.1) is 5.10 Å². The van der Waals surface area contributed by atoms with Gasteiger partial charge in [-0.2, -0.15) is 4.98 Å². The summed E-state index contributed by atoms with van der Waals surface area (Å²) in [6.07, 6.45) is 0. The van der Waals surface area contributed by atoms with E-state index in [1.165, 1.54) is 16.8 Å². The third kappa shape index (κ3) is 1.70. The van der Waals surface area contributed by atoms with Crippen molar-refractivity contribution in [2.75, 3.05) is 5.73 Å². The Bertz CT molecular complexity index is 512. The van der Waals surface area contributed by atoms with Crippen LogP contribution < -0.4 is 5.73 Å². The van der Waals surface area contributed by atoms with Crippen LogP contribution in [-0.4, -0.2) is 19.7 Å². The number of nitro groups is 1. The summed E-state index contributed by atoms with van der Waals surface area (Å²) >= 11 is 0. The van der Waals surface area contributed by atoms with E-state index in [-0.39, 0.29) is 5.69 Å². The van der Waals surface area contributed by atoms with Crippen LogP contribution in [0.15, 0.2) is 24.3 Å². The summed E-state index contributed by atoms with van der Waals surface area (Å²) in [7, 11) is 1.68. The van der Waals surface area contributed by atoms with Crippen molar-refractivity contribution in [3.8, 4) is 11.4 Å². The Kier molecular flexibility index (Phi) is 2.28. The second-order valence-corrected chi connectivity index (χ2v) is 3.22.